The van der Waals surface area contributed by atoms with Gasteiger partial charge in [-0.05, 0) is 17.7 Å². The predicted molar refractivity (Wildman–Crippen MR) is 51.5 cm³/mol. The van der Waals surface area contributed by atoms with Crippen LogP contribution in [0.4, 0.5) is 9.18 Å². The SMILES string of the molecule is CON1C(=O)NC(c2ccc(F)cc2)C1=O. The number of hydroxylamine groups is 2. The van der Waals surface area contributed by atoms with Gasteiger partial charge in [-0.25, -0.2) is 9.18 Å². The van der Waals surface area contributed by atoms with Crippen molar-refractivity contribution >= 4 is 11.9 Å². The Morgan fingerprint density at radius 3 is 2.44 bits per heavy atom. The first-order chi connectivity index (χ1) is 7.63. The van der Waals surface area contributed by atoms with E-state index in [0.29, 0.717) is 10.6 Å². The third-order valence-electron chi connectivity index (χ3n) is 2.29. The first-order valence-electron chi connectivity index (χ1n) is 4.57. The van der Waals surface area contributed by atoms with Gasteiger partial charge in [-0.2, -0.15) is 0 Å². The molecule has 1 fully saturated rings. The molecule has 1 aromatic carbocycles. The summed E-state index contributed by atoms with van der Waals surface area (Å²) >= 11 is 0. The molecule has 1 heterocycles. The highest BCUT2D eigenvalue weighted by molar-refractivity contribution is 6.03. The zero-order valence-corrected chi connectivity index (χ0v) is 8.44. The lowest BCUT2D eigenvalue weighted by Gasteiger charge is -2.09. The number of halogens is 1. The van der Waals surface area contributed by atoms with Crippen molar-refractivity contribution in [2.75, 3.05) is 7.11 Å². The molecule has 1 N–H and O–H groups in total. The van der Waals surface area contributed by atoms with Gasteiger partial charge < -0.3 is 5.32 Å². The van der Waals surface area contributed by atoms with E-state index in [0.717, 1.165) is 0 Å². The number of nitrogens with zero attached hydrogens (tertiary/aromatic N) is 1. The molecular weight excluding hydrogens is 215 g/mol. The number of carbonyl (C=O) groups is 2. The van der Waals surface area contributed by atoms with Crippen LogP contribution in [0.2, 0.25) is 0 Å². The van der Waals surface area contributed by atoms with Gasteiger partial charge in [0.25, 0.3) is 5.91 Å². The number of hydrogen-bond acceptors (Lipinski definition) is 3. The number of urea groups is 1. The molecule has 5 nitrogen and oxygen atoms in total. The Morgan fingerprint density at radius 1 is 1.31 bits per heavy atom. The van der Waals surface area contributed by atoms with Crippen LogP contribution in [-0.2, 0) is 9.63 Å². The van der Waals surface area contributed by atoms with Crippen LogP contribution in [0, 0.1) is 5.82 Å². The van der Waals surface area contributed by atoms with Crippen LogP contribution in [-0.4, -0.2) is 24.1 Å². The number of carbonyl (C=O) groups excluding carboxylic acids is 2. The van der Waals surface area contributed by atoms with Gasteiger partial charge in [0, 0.05) is 0 Å². The number of benzene rings is 1. The summed E-state index contributed by atoms with van der Waals surface area (Å²) in [5.41, 5.74) is 0.513. The smallest absolute Gasteiger partial charge is 0.320 e. The minimum absolute atomic E-state index is 0.399. The van der Waals surface area contributed by atoms with Crippen molar-refractivity contribution in [3.05, 3.63) is 35.6 Å². The van der Waals surface area contributed by atoms with Crippen LogP contribution < -0.4 is 5.32 Å². The van der Waals surface area contributed by atoms with E-state index in [9.17, 15) is 14.0 Å². The fourth-order valence-corrected chi connectivity index (χ4v) is 1.52. The van der Waals surface area contributed by atoms with Crippen molar-refractivity contribution in [1.82, 2.24) is 10.4 Å². The Hall–Kier alpha value is -1.95. The highest BCUT2D eigenvalue weighted by atomic mass is 19.1. The van der Waals surface area contributed by atoms with E-state index in [1.54, 1.807) is 0 Å². The Morgan fingerprint density at radius 2 is 1.94 bits per heavy atom. The Labute approximate surface area is 90.8 Å². The maximum atomic E-state index is 12.7. The van der Waals surface area contributed by atoms with Gasteiger partial charge in [0.2, 0.25) is 0 Å². The van der Waals surface area contributed by atoms with Crippen molar-refractivity contribution in [1.29, 1.82) is 0 Å². The topological polar surface area (TPSA) is 58.6 Å². The largest absolute Gasteiger partial charge is 0.349 e. The molecule has 0 aliphatic carbocycles. The minimum atomic E-state index is -0.812. The fraction of sp³-hybridized carbons (Fsp3) is 0.200. The molecule has 2 rings (SSSR count). The predicted octanol–water partition coefficient (Wildman–Crippen LogP) is 0.980. The summed E-state index contributed by atoms with van der Waals surface area (Å²) in [6.45, 7) is 0. The highest BCUT2D eigenvalue weighted by Gasteiger charge is 2.39. The molecule has 1 aliphatic rings. The maximum absolute atomic E-state index is 12.7. The van der Waals surface area contributed by atoms with Gasteiger partial charge in [-0.1, -0.05) is 12.1 Å². The number of rotatable bonds is 2. The average molecular weight is 224 g/mol. The fourth-order valence-electron chi connectivity index (χ4n) is 1.52. The Kier molecular flexibility index (Phi) is 2.57. The molecule has 0 bridgehead atoms. The summed E-state index contributed by atoms with van der Waals surface area (Å²) in [6, 6.07) is 3.90. The molecule has 1 saturated heterocycles. The Balaban J connectivity index is 2.27. The second kappa shape index (κ2) is 3.90. The molecular formula is C10H9FN2O3. The summed E-state index contributed by atoms with van der Waals surface area (Å²) in [4.78, 5) is 27.5. The molecule has 0 saturated carbocycles. The van der Waals surface area contributed by atoms with Crippen LogP contribution in [0.25, 0.3) is 0 Å². The first-order valence-corrected chi connectivity index (χ1v) is 4.57. The summed E-state index contributed by atoms with van der Waals surface area (Å²) in [5, 5.41) is 3.06. The molecule has 1 unspecified atom stereocenters. The molecule has 1 atom stereocenters. The molecule has 0 aromatic heterocycles. The summed E-state index contributed by atoms with van der Waals surface area (Å²) in [5.74, 6) is -0.914. The molecule has 84 valence electrons. The normalized spacial score (nSPS) is 20.1. The maximum Gasteiger partial charge on any atom is 0.349 e. The van der Waals surface area contributed by atoms with Crippen molar-refractivity contribution in [2.24, 2.45) is 0 Å². The highest BCUT2D eigenvalue weighted by Crippen LogP contribution is 2.21. The van der Waals surface area contributed by atoms with Gasteiger partial charge in [0.05, 0.1) is 7.11 Å². The summed E-state index contributed by atoms with van der Waals surface area (Å²) in [6.07, 6.45) is 0. The second-order valence-corrected chi connectivity index (χ2v) is 3.25. The zero-order chi connectivity index (χ0) is 11.7. The van der Waals surface area contributed by atoms with E-state index >= 15 is 0 Å². The molecule has 0 radical (unpaired) electrons. The van der Waals surface area contributed by atoms with E-state index < -0.39 is 23.8 Å². The van der Waals surface area contributed by atoms with Crippen molar-refractivity contribution in [2.45, 2.75) is 6.04 Å². The van der Waals surface area contributed by atoms with E-state index in [1.807, 2.05) is 0 Å². The van der Waals surface area contributed by atoms with Crippen LogP contribution in [0.5, 0.6) is 0 Å². The standard InChI is InChI=1S/C10H9FN2O3/c1-16-13-9(14)8(12-10(13)15)6-2-4-7(11)5-3-6/h2-5,8H,1H3,(H,12,15). The lowest BCUT2D eigenvalue weighted by atomic mass is 10.1. The summed E-state index contributed by atoms with van der Waals surface area (Å²) < 4.78 is 12.7. The average Bonchev–Trinajstić information content (AvgIpc) is 2.55. The van der Waals surface area contributed by atoms with Gasteiger partial charge in [-0.15, -0.1) is 5.06 Å². The minimum Gasteiger partial charge on any atom is -0.320 e. The lowest BCUT2D eigenvalue weighted by Crippen LogP contribution is -2.29. The van der Waals surface area contributed by atoms with Crippen LogP contribution >= 0.6 is 0 Å². The molecule has 3 amide bonds. The number of imide groups is 1. The van der Waals surface area contributed by atoms with Crippen LogP contribution in [0.3, 0.4) is 0 Å². The molecule has 16 heavy (non-hydrogen) atoms. The number of hydrogen-bond donors (Lipinski definition) is 1. The molecule has 6 heteroatoms. The second-order valence-electron chi connectivity index (χ2n) is 3.25. The lowest BCUT2D eigenvalue weighted by molar-refractivity contribution is -0.156. The third kappa shape index (κ3) is 1.63. The zero-order valence-electron chi connectivity index (χ0n) is 8.44. The first kappa shape index (κ1) is 10.6. The molecule has 1 aromatic rings. The quantitative estimate of drug-likeness (QED) is 0.762. The van der Waals surface area contributed by atoms with Crippen molar-refractivity contribution < 1.29 is 18.8 Å². The third-order valence-corrected chi connectivity index (χ3v) is 2.29. The Bertz CT molecular complexity index is 432. The van der Waals surface area contributed by atoms with E-state index in [4.69, 9.17) is 0 Å². The van der Waals surface area contributed by atoms with E-state index in [2.05, 4.69) is 10.2 Å². The molecule has 0 spiro atoms. The van der Waals surface area contributed by atoms with E-state index in [-0.39, 0.29) is 0 Å². The van der Waals surface area contributed by atoms with Gasteiger partial charge in [-0.3, -0.25) is 9.63 Å². The number of amides is 3. The molecule has 1 aliphatic heterocycles. The van der Waals surface area contributed by atoms with Crippen LogP contribution in [0.1, 0.15) is 11.6 Å². The summed E-state index contributed by atoms with van der Waals surface area (Å²) in [7, 11) is 1.23. The van der Waals surface area contributed by atoms with Gasteiger partial charge >= 0.3 is 6.03 Å². The van der Waals surface area contributed by atoms with Gasteiger partial charge in [0.15, 0.2) is 0 Å². The van der Waals surface area contributed by atoms with E-state index in [1.165, 1.54) is 31.4 Å². The van der Waals surface area contributed by atoms with Gasteiger partial charge in [0.1, 0.15) is 11.9 Å². The van der Waals surface area contributed by atoms with Crippen molar-refractivity contribution in [3.63, 3.8) is 0 Å². The monoisotopic (exact) mass is 224 g/mol. The van der Waals surface area contributed by atoms with Crippen molar-refractivity contribution in [3.8, 4) is 0 Å². The van der Waals surface area contributed by atoms with Crippen LogP contribution in [0.15, 0.2) is 24.3 Å². The number of nitrogens with one attached hydrogen (secondary N) is 1.